The first-order valence-corrected chi connectivity index (χ1v) is 2.62. The van der Waals surface area contributed by atoms with E-state index in [1.807, 2.05) is 0 Å². The van der Waals surface area contributed by atoms with Crippen molar-refractivity contribution in [3.8, 4) is 0 Å². The highest BCUT2D eigenvalue weighted by Gasteiger charge is 1.87. The molecule has 1 N–H and O–H groups in total. The second-order valence-corrected chi connectivity index (χ2v) is 1.73. The summed E-state index contributed by atoms with van der Waals surface area (Å²) in [6, 6.07) is 0. The largest absolute Gasteiger partial charge is 0.516 e. The van der Waals surface area contributed by atoms with Crippen LogP contribution in [-0.4, -0.2) is 5.11 Å². The SMILES string of the molecule is CC[C@H](C)C=CO. The van der Waals surface area contributed by atoms with Crippen molar-refractivity contribution in [1.82, 2.24) is 0 Å². The molecule has 0 rings (SSSR count). The molecule has 1 heteroatoms. The Morgan fingerprint density at radius 2 is 2.29 bits per heavy atom. The van der Waals surface area contributed by atoms with Crippen molar-refractivity contribution in [3.63, 3.8) is 0 Å². The predicted octanol–water partition coefficient (Wildman–Crippen LogP) is 2.10. The van der Waals surface area contributed by atoms with Gasteiger partial charge >= 0.3 is 0 Å². The lowest BCUT2D eigenvalue weighted by atomic mass is 10.1. The van der Waals surface area contributed by atoms with Crippen molar-refractivity contribution in [2.45, 2.75) is 20.3 Å². The molecule has 0 heterocycles. The predicted molar refractivity (Wildman–Crippen MR) is 31.2 cm³/mol. The Bertz CT molecular complexity index is 57.2. The maximum absolute atomic E-state index is 8.19. The van der Waals surface area contributed by atoms with Crippen molar-refractivity contribution in [2.75, 3.05) is 0 Å². The summed E-state index contributed by atoms with van der Waals surface area (Å²) in [5.41, 5.74) is 0. The first kappa shape index (κ1) is 6.54. The highest BCUT2D eigenvalue weighted by Crippen LogP contribution is 1.99. The van der Waals surface area contributed by atoms with E-state index in [9.17, 15) is 0 Å². The highest BCUT2D eigenvalue weighted by molar-refractivity contribution is 4.77. The highest BCUT2D eigenvalue weighted by atomic mass is 16.2. The van der Waals surface area contributed by atoms with Crippen molar-refractivity contribution in [1.29, 1.82) is 0 Å². The zero-order chi connectivity index (χ0) is 5.70. The normalized spacial score (nSPS) is 15.1. The second-order valence-electron chi connectivity index (χ2n) is 1.73. The zero-order valence-electron chi connectivity index (χ0n) is 4.89. The Hall–Kier alpha value is -0.460. The molecule has 0 saturated heterocycles. The number of hydrogen-bond acceptors (Lipinski definition) is 1. The molecule has 0 aliphatic heterocycles. The molecular weight excluding hydrogens is 88.1 g/mol. The molecule has 0 aromatic rings. The molecule has 0 aliphatic carbocycles. The van der Waals surface area contributed by atoms with E-state index in [0.29, 0.717) is 5.92 Å². The minimum absolute atomic E-state index is 0.519. The van der Waals surface area contributed by atoms with Gasteiger partial charge in [-0.05, 0) is 18.4 Å². The Morgan fingerprint density at radius 3 is 2.43 bits per heavy atom. The standard InChI is InChI=1S/C6H12O/c1-3-6(2)4-5-7/h4-7H,3H2,1-2H3/t6-/m0/s1. The molecule has 0 aromatic heterocycles. The number of aliphatic hydroxyl groups is 1. The van der Waals surface area contributed by atoms with Crippen LogP contribution in [0.3, 0.4) is 0 Å². The third-order valence-corrected chi connectivity index (χ3v) is 1.06. The van der Waals surface area contributed by atoms with E-state index in [2.05, 4.69) is 13.8 Å². The number of rotatable bonds is 2. The average Bonchev–Trinajstić information content (AvgIpc) is 1.68. The Balaban J connectivity index is 3.16. The average molecular weight is 100 g/mol. The van der Waals surface area contributed by atoms with Crippen molar-refractivity contribution >= 4 is 0 Å². The number of aliphatic hydroxyl groups excluding tert-OH is 1. The van der Waals surface area contributed by atoms with Gasteiger partial charge in [0.25, 0.3) is 0 Å². The molecule has 42 valence electrons. The van der Waals surface area contributed by atoms with Crippen molar-refractivity contribution in [3.05, 3.63) is 12.3 Å². The van der Waals surface area contributed by atoms with Gasteiger partial charge in [-0.2, -0.15) is 0 Å². The van der Waals surface area contributed by atoms with Gasteiger partial charge in [-0.1, -0.05) is 13.8 Å². The topological polar surface area (TPSA) is 20.2 Å². The fourth-order valence-electron chi connectivity index (χ4n) is 0.283. The smallest absolute Gasteiger partial charge is 0.0754 e. The Morgan fingerprint density at radius 1 is 1.71 bits per heavy atom. The van der Waals surface area contributed by atoms with E-state index in [4.69, 9.17) is 5.11 Å². The summed E-state index contributed by atoms with van der Waals surface area (Å²) in [4.78, 5) is 0. The first-order chi connectivity index (χ1) is 3.31. The fourth-order valence-corrected chi connectivity index (χ4v) is 0.283. The van der Waals surface area contributed by atoms with Crippen LogP contribution in [0.15, 0.2) is 12.3 Å². The molecule has 0 bridgehead atoms. The molecule has 1 atom stereocenters. The monoisotopic (exact) mass is 100 g/mol. The van der Waals surface area contributed by atoms with Gasteiger partial charge < -0.3 is 5.11 Å². The summed E-state index contributed by atoms with van der Waals surface area (Å²) in [5.74, 6) is 0.519. The van der Waals surface area contributed by atoms with E-state index < -0.39 is 0 Å². The third-order valence-electron chi connectivity index (χ3n) is 1.06. The summed E-state index contributed by atoms with van der Waals surface area (Å²) in [6.07, 6.45) is 3.98. The fraction of sp³-hybridized carbons (Fsp3) is 0.667. The molecule has 0 spiro atoms. The lowest BCUT2D eigenvalue weighted by Gasteiger charge is -1.94. The van der Waals surface area contributed by atoms with E-state index in [-0.39, 0.29) is 0 Å². The van der Waals surface area contributed by atoms with Crippen LogP contribution in [0.5, 0.6) is 0 Å². The lowest BCUT2D eigenvalue weighted by molar-refractivity contribution is 0.464. The quantitative estimate of drug-likeness (QED) is 0.527. The van der Waals surface area contributed by atoms with Crippen LogP contribution < -0.4 is 0 Å². The van der Waals surface area contributed by atoms with Crippen molar-refractivity contribution in [2.24, 2.45) is 5.92 Å². The molecule has 7 heavy (non-hydrogen) atoms. The molecule has 0 aromatic carbocycles. The van der Waals surface area contributed by atoms with Gasteiger partial charge in [-0.25, -0.2) is 0 Å². The third kappa shape index (κ3) is 3.37. The zero-order valence-corrected chi connectivity index (χ0v) is 4.89. The van der Waals surface area contributed by atoms with Crippen LogP contribution in [0.4, 0.5) is 0 Å². The molecule has 0 aliphatic rings. The summed E-state index contributed by atoms with van der Waals surface area (Å²) >= 11 is 0. The molecule has 0 saturated carbocycles. The van der Waals surface area contributed by atoms with Gasteiger partial charge in [0.05, 0.1) is 6.26 Å². The van der Waals surface area contributed by atoms with Gasteiger partial charge in [0.15, 0.2) is 0 Å². The maximum atomic E-state index is 8.19. The second kappa shape index (κ2) is 3.72. The molecule has 1 nitrogen and oxygen atoms in total. The van der Waals surface area contributed by atoms with Crippen LogP contribution in [0, 0.1) is 5.92 Å². The molecular formula is C6H12O. The van der Waals surface area contributed by atoms with E-state index in [1.165, 1.54) is 0 Å². The summed E-state index contributed by atoms with van der Waals surface area (Å²) < 4.78 is 0. The van der Waals surface area contributed by atoms with Crippen LogP contribution >= 0.6 is 0 Å². The molecule has 0 unspecified atom stereocenters. The Labute approximate surface area is 44.7 Å². The minimum atomic E-state index is 0.519. The van der Waals surface area contributed by atoms with Gasteiger partial charge in [-0.15, -0.1) is 0 Å². The van der Waals surface area contributed by atoms with Crippen LogP contribution in [0.2, 0.25) is 0 Å². The van der Waals surface area contributed by atoms with Crippen LogP contribution in [0.1, 0.15) is 20.3 Å². The van der Waals surface area contributed by atoms with E-state index in [1.54, 1.807) is 6.08 Å². The summed E-state index contributed by atoms with van der Waals surface area (Å²) in [5, 5.41) is 8.19. The Kier molecular flexibility index (Phi) is 3.48. The lowest BCUT2D eigenvalue weighted by Crippen LogP contribution is -1.82. The van der Waals surface area contributed by atoms with E-state index in [0.717, 1.165) is 12.7 Å². The molecule has 0 radical (unpaired) electrons. The maximum Gasteiger partial charge on any atom is 0.0754 e. The van der Waals surface area contributed by atoms with Gasteiger partial charge in [0.1, 0.15) is 0 Å². The minimum Gasteiger partial charge on any atom is -0.516 e. The van der Waals surface area contributed by atoms with Crippen LogP contribution in [0.25, 0.3) is 0 Å². The molecule has 0 amide bonds. The van der Waals surface area contributed by atoms with Crippen molar-refractivity contribution < 1.29 is 5.11 Å². The van der Waals surface area contributed by atoms with Gasteiger partial charge in [0.2, 0.25) is 0 Å². The molecule has 0 fully saturated rings. The summed E-state index contributed by atoms with van der Waals surface area (Å²) in [6.45, 7) is 4.15. The van der Waals surface area contributed by atoms with E-state index >= 15 is 0 Å². The summed E-state index contributed by atoms with van der Waals surface area (Å²) in [7, 11) is 0. The van der Waals surface area contributed by atoms with Crippen LogP contribution in [-0.2, 0) is 0 Å². The van der Waals surface area contributed by atoms with Gasteiger partial charge in [0, 0.05) is 0 Å². The van der Waals surface area contributed by atoms with Gasteiger partial charge in [-0.3, -0.25) is 0 Å². The number of hydrogen-bond donors (Lipinski definition) is 1. The number of allylic oxidation sites excluding steroid dienone is 1. The first-order valence-electron chi connectivity index (χ1n) is 2.62.